The molecule has 0 saturated carbocycles. The fourth-order valence-corrected chi connectivity index (χ4v) is 3.29. The third-order valence-electron chi connectivity index (χ3n) is 5.73. The number of aromatic nitrogens is 3. The normalized spacial score (nSPS) is 11.4. The molecular formula is C26H28N8O2. The third-order valence-corrected chi connectivity index (χ3v) is 5.73. The maximum atomic E-state index is 9.33. The quantitative estimate of drug-likeness (QED) is 0.292. The lowest BCUT2D eigenvalue weighted by molar-refractivity contribution is -0.191. The number of hydrogen-bond acceptors (Lipinski definition) is 10. The highest BCUT2D eigenvalue weighted by atomic mass is 16.2. The van der Waals surface area contributed by atoms with Gasteiger partial charge in [0.15, 0.2) is 0 Å². The van der Waals surface area contributed by atoms with Crippen molar-refractivity contribution < 1.29 is 9.59 Å². The first-order valence-corrected chi connectivity index (χ1v) is 11.1. The van der Waals surface area contributed by atoms with Crippen molar-refractivity contribution in [2.24, 2.45) is 15.9 Å². The van der Waals surface area contributed by atoms with Crippen LogP contribution < -0.4 is 11.6 Å². The molecule has 0 spiro atoms. The van der Waals surface area contributed by atoms with Crippen molar-refractivity contribution in [3.05, 3.63) is 70.7 Å². The van der Waals surface area contributed by atoms with Gasteiger partial charge in [0.05, 0.1) is 41.5 Å². The second-order valence-electron chi connectivity index (χ2n) is 8.41. The summed E-state index contributed by atoms with van der Waals surface area (Å²) in [4.78, 5) is 34.1. The molecule has 10 nitrogen and oxygen atoms in total. The van der Waals surface area contributed by atoms with Crippen molar-refractivity contribution in [3.63, 3.8) is 0 Å². The van der Waals surface area contributed by atoms with Gasteiger partial charge in [-0.25, -0.2) is 9.97 Å². The minimum Gasteiger partial charge on any atom is -0.368 e. The number of rotatable bonds is 7. The predicted molar refractivity (Wildman–Crippen MR) is 137 cm³/mol. The Kier molecular flexibility index (Phi) is 9.66. The summed E-state index contributed by atoms with van der Waals surface area (Å²) in [5.41, 5.74) is 11.4. The number of nitriles is 1. The number of nitrogens with two attached hydrogens (primary N) is 2. The fraction of sp³-hybridized carbons (Fsp3) is 0.269. The molecule has 0 radical (unpaired) electrons. The molecule has 0 atom stereocenters. The van der Waals surface area contributed by atoms with Crippen molar-refractivity contribution in [1.82, 2.24) is 15.0 Å². The third kappa shape index (κ3) is 6.88. The Bertz CT molecular complexity index is 1350. The average molecular weight is 485 g/mol. The van der Waals surface area contributed by atoms with Crippen LogP contribution in [0, 0.1) is 18.3 Å². The van der Waals surface area contributed by atoms with Crippen LogP contribution in [0.5, 0.6) is 0 Å². The van der Waals surface area contributed by atoms with Crippen LogP contribution in [0.2, 0.25) is 0 Å². The Hall–Kier alpha value is -4.74. The van der Waals surface area contributed by atoms with Crippen LogP contribution in [0.3, 0.4) is 0 Å². The van der Waals surface area contributed by atoms with E-state index in [4.69, 9.17) is 26.1 Å². The van der Waals surface area contributed by atoms with Crippen molar-refractivity contribution in [1.29, 1.82) is 5.26 Å². The summed E-state index contributed by atoms with van der Waals surface area (Å²) in [6, 6.07) is 15.3. The number of aliphatic imine (C=N–C) groups is 1. The lowest BCUT2D eigenvalue weighted by Gasteiger charge is -2.22. The largest absolute Gasteiger partial charge is 0.373 e. The van der Waals surface area contributed by atoms with E-state index in [0.717, 1.165) is 28.9 Å². The summed E-state index contributed by atoms with van der Waals surface area (Å²) in [6.45, 7) is 8.74. The second-order valence-corrected chi connectivity index (χ2v) is 8.41. The molecule has 0 aliphatic heterocycles. The van der Waals surface area contributed by atoms with E-state index in [1.165, 1.54) is 0 Å². The van der Waals surface area contributed by atoms with Crippen LogP contribution >= 0.6 is 0 Å². The molecule has 0 bridgehead atoms. The number of nitrogen functional groups attached to an aromatic ring is 1. The molecule has 3 rings (SSSR count). The predicted octanol–water partition coefficient (Wildman–Crippen LogP) is 3.34. The Balaban J connectivity index is 0.00000145. The number of benzene rings is 1. The summed E-state index contributed by atoms with van der Waals surface area (Å²) in [7, 11) is 0. The van der Waals surface area contributed by atoms with Crippen molar-refractivity contribution in [2.75, 3.05) is 5.73 Å². The molecule has 0 aliphatic rings. The SMILES string of the molecule is CCC(C)(C)c1cccc(CN=CC(=NN)c2cc(-c3cccc(C#N)c3C)nc(N)n2)n1.O=C=O. The van der Waals surface area contributed by atoms with E-state index in [1.54, 1.807) is 24.4 Å². The molecule has 3 aromatic rings. The van der Waals surface area contributed by atoms with E-state index >= 15 is 0 Å². The molecular weight excluding hydrogens is 456 g/mol. The smallest absolute Gasteiger partial charge is 0.368 e. The number of hydrogen-bond donors (Lipinski definition) is 2. The highest BCUT2D eigenvalue weighted by Crippen LogP contribution is 2.26. The molecule has 0 saturated heterocycles. The van der Waals surface area contributed by atoms with Gasteiger partial charge in [-0.15, -0.1) is 0 Å². The van der Waals surface area contributed by atoms with Crippen LogP contribution in [-0.2, 0) is 21.5 Å². The molecule has 0 aliphatic carbocycles. The van der Waals surface area contributed by atoms with Gasteiger partial charge in [0.1, 0.15) is 5.71 Å². The van der Waals surface area contributed by atoms with Gasteiger partial charge >= 0.3 is 6.15 Å². The first-order chi connectivity index (χ1) is 17.2. The van der Waals surface area contributed by atoms with Gasteiger partial charge < -0.3 is 11.6 Å². The molecule has 2 heterocycles. The lowest BCUT2D eigenvalue weighted by atomic mass is 9.86. The Labute approximate surface area is 209 Å². The number of pyridine rings is 1. The minimum absolute atomic E-state index is 0.000527. The standard InChI is InChI=1S/C25H28N8.CO2/c1-5-25(3,4)23-11-7-9-18(30-23)14-29-15-22(33-28)21-12-20(31-24(27)32-21)19-10-6-8-17(13-26)16(19)2;2-1-3/h6-12,15H,5,14,28H2,1-4H3,(H2,27,31,32);. The monoisotopic (exact) mass is 484 g/mol. The summed E-state index contributed by atoms with van der Waals surface area (Å²) in [6.07, 6.45) is 2.80. The van der Waals surface area contributed by atoms with E-state index in [1.807, 2.05) is 31.2 Å². The molecule has 184 valence electrons. The second kappa shape index (κ2) is 12.6. The van der Waals surface area contributed by atoms with Crippen LogP contribution in [0.15, 0.2) is 52.6 Å². The summed E-state index contributed by atoms with van der Waals surface area (Å²) in [5, 5.41) is 13.2. The molecule has 4 N–H and O–H groups in total. The Morgan fingerprint density at radius 2 is 1.83 bits per heavy atom. The lowest BCUT2D eigenvalue weighted by Crippen LogP contribution is -2.18. The van der Waals surface area contributed by atoms with E-state index in [2.05, 4.69) is 46.9 Å². The first-order valence-electron chi connectivity index (χ1n) is 11.1. The average Bonchev–Trinajstić information content (AvgIpc) is 2.87. The summed E-state index contributed by atoms with van der Waals surface area (Å²) in [5.74, 6) is 5.71. The Morgan fingerprint density at radius 1 is 1.14 bits per heavy atom. The zero-order valence-corrected chi connectivity index (χ0v) is 20.7. The number of nitrogens with zero attached hydrogens (tertiary/aromatic N) is 6. The molecule has 36 heavy (non-hydrogen) atoms. The maximum Gasteiger partial charge on any atom is 0.373 e. The number of anilines is 1. The van der Waals surface area contributed by atoms with Gasteiger partial charge in [-0.05, 0) is 43.2 Å². The van der Waals surface area contributed by atoms with Crippen LogP contribution in [0.25, 0.3) is 11.3 Å². The fourth-order valence-electron chi connectivity index (χ4n) is 3.29. The van der Waals surface area contributed by atoms with E-state index in [0.29, 0.717) is 29.2 Å². The maximum absolute atomic E-state index is 9.33. The zero-order chi connectivity index (χ0) is 26.7. The van der Waals surface area contributed by atoms with Crippen LogP contribution in [0.1, 0.15) is 55.4 Å². The van der Waals surface area contributed by atoms with E-state index < -0.39 is 0 Å². The molecule has 0 amide bonds. The Morgan fingerprint density at radius 3 is 2.47 bits per heavy atom. The van der Waals surface area contributed by atoms with Gasteiger partial charge in [0.25, 0.3) is 0 Å². The van der Waals surface area contributed by atoms with Crippen LogP contribution in [-0.4, -0.2) is 33.0 Å². The molecule has 10 heteroatoms. The molecule has 0 fully saturated rings. The van der Waals surface area contributed by atoms with Gasteiger partial charge in [0, 0.05) is 16.7 Å². The van der Waals surface area contributed by atoms with Crippen LogP contribution in [0.4, 0.5) is 5.95 Å². The van der Waals surface area contributed by atoms with Crippen molar-refractivity contribution >= 4 is 24.0 Å². The van der Waals surface area contributed by atoms with Crippen molar-refractivity contribution in [3.8, 4) is 17.3 Å². The molecule has 1 aromatic carbocycles. The van der Waals surface area contributed by atoms with Gasteiger partial charge in [-0.3, -0.25) is 9.98 Å². The molecule has 2 aromatic heterocycles. The van der Waals surface area contributed by atoms with Gasteiger partial charge in [-0.1, -0.05) is 39.0 Å². The summed E-state index contributed by atoms with van der Waals surface area (Å²) >= 11 is 0. The van der Waals surface area contributed by atoms with Gasteiger partial charge in [0.2, 0.25) is 5.95 Å². The van der Waals surface area contributed by atoms with Crippen molar-refractivity contribution in [2.45, 2.75) is 46.1 Å². The summed E-state index contributed by atoms with van der Waals surface area (Å²) < 4.78 is 0. The van der Waals surface area contributed by atoms with Gasteiger partial charge in [-0.2, -0.15) is 20.0 Å². The van der Waals surface area contributed by atoms with E-state index in [9.17, 15) is 5.26 Å². The topological polar surface area (TPSA) is 173 Å². The first kappa shape index (κ1) is 27.5. The number of hydrazone groups is 1. The number of carbonyl (C=O) groups excluding carboxylic acids is 2. The van der Waals surface area contributed by atoms with E-state index in [-0.39, 0.29) is 17.5 Å². The highest BCUT2D eigenvalue weighted by molar-refractivity contribution is 6.37. The highest BCUT2D eigenvalue weighted by Gasteiger charge is 2.19. The molecule has 0 unspecified atom stereocenters. The minimum atomic E-state index is -0.000527. The zero-order valence-electron chi connectivity index (χ0n) is 20.7.